The molecule has 0 nitrogen and oxygen atoms in total. The summed E-state index contributed by atoms with van der Waals surface area (Å²) < 4.78 is 0. The molecule has 0 saturated carbocycles. The topological polar surface area (TPSA) is 0 Å². The molecule has 0 heterocycles. The fraction of sp³-hybridized carbons (Fsp3) is 0.444. The Morgan fingerprint density at radius 2 is 2.22 bits per heavy atom. The second kappa shape index (κ2) is 7.30. The van der Waals surface area contributed by atoms with Gasteiger partial charge < -0.3 is 0 Å². The normalized spacial score (nSPS) is 9.78. The van der Waals surface area contributed by atoms with Gasteiger partial charge in [0.25, 0.3) is 0 Å². The number of rotatable bonds is 4. The molecule has 9 heavy (non-hydrogen) atoms. The molecule has 1 radical (unpaired) electrons. The standard InChI is InChI=1S/C9H13/c1-3-5-7-9-8-6-4-2/h1,4,6-7H,5,8-9H2,2H3. The second-order valence-corrected chi connectivity index (χ2v) is 1.84. The predicted octanol–water partition coefficient (Wildman–Crippen LogP) is 2.57. The summed E-state index contributed by atoms with van der Waals surface area (Å²) in [5.41, 5.74) is 0. The molecule has 0 aliphatic carbocycles. The van der Waals surface area contributed by atoms with E-state index in [1.807, 2.05) is 6.92 Å². The van der Waals surface area contributed by atoms with Gasteiger partial charge in [0.2, 0.25) is 0 Å². The van der Waals surface area contributed by atoms with Gasteiger partial charge in [0.1, 0.15) is 0 Å². The van der Waals surface area contributed by atoms with E-state index in [1.165, 1.54) is 0 Å². The maximum Gasteiger partial charge on any atom is 0.0117 e. The Morgan fingerprint density at radius 3 is 2.78 bits per heavy atom. The lowest BCUT2D eigenvalue weighted by Gasteiger charge is -1.88. The molecule has 0 fully saturated rings. The maximum absolute atomic E-state index is 5.04. The third-order valence-corrected chi connectivity index (χ3v) is 1.04. The van der Waals surface area contributed by atoms with Crippen LogP contribution in [-0.4, -0.2) is 0 Å². The fourth-order valence-corrected chi connectivity index (χ4v) is 0.566. The van der Waals surface area contributed by atoms with Gasteiger partial charge >= 0.3 is 0 Å². The van der Waals surface area contributed by atoms with Crippen LogP contribution < -0.4 is 0 Å². The van der Waals surface area contributed by atoms with Crippen LogP contribution in [0.15, 0.2) is 12.2 Å². The summed E-state index contributed by atoms with van der Waals surface area (Å²) in [5, 5.41) is 0. The number of hydrogen-bond donors (Lipinski definition) is 0. The first-order valence-electron chi connectivity index (χ1n) is 3.28. The van der Waals surface area contributed by atoms with E-state index >= 15 is 0 Å². The van der Waals surface area contributed by atoms with Gasteiger partial charge in [0.05, 0.1) is 0 Å². The molecule has 0 heteroatoms. The molecule has 0 atom stereocenters. The quantitative estimate of drug-likeness (QED) is 0.304. The maximum atomic E-state index is 5.04. The van der Waals surface area contributed by atoms with Crippen molar-refractivity contribution in [3.8, 4) is 12.3 Å². The minimum atomic E-state index is 0.803. The predicted molar refractivity (Wildman–Crippen MR) is 41.8 cm³/mol. The van der Waals surface area contributed by atoms with E-state index in [1.54, 1.807) is 0 Å². The number of hydrogen-bond acceptors (Lipinski definition) is 0. The zero-order valence-corrected chi connectivity index (χ0v) is 5.93. The molecule has 0 rings (SSSR count). The van der Waals surface area contributed by atoms with Crippen molar-refractivity contribution < 1.29 is 0 Å². The minimum absolute atomic E-state index is 0.803. The summed E-state index contributed by atoms with van der Waals surface area (Å²) in [6.07, 6.45) is 14.4. The summed E-state index contributed by atoms with van der Waals surface area (Å²) in [4.78, 5) is 0. The van der Waals surface area contributed by atoms with E-state index in [0.29, 0.717) is 0 Å². The second-order valence-electron chi connectivity index (χ2n) is 1.84. The lowest BCUT2D eigenvalue weighted by molar-refractivity contribution is 0.941. The largest absolute Gasteiger partial charge is 0.120 e. The first-order valence-corrected chi connectivity index (χ1v) is 3.28. The van der Waals surface area contributed by atoms with E-state index in [0.717, 1.165) is 19.3 Å². The van der Waals surface area contributed by atoms with Crippen LogP contribution in [0.25, 0.3) is 0 Å². The van der Waals surface area contributed by atoms with Crippen LogP contribution in [-0.2, 0) is 0 Å². The monoisotopic (exact) mass is 121 g/mol. The first kappa shape index (κ1) is 8.30. The van der Waals surface area contributed by atoms with Crippen molar-refractivity contribution in [1.29, 1.82) is 0 Å². The number of allylic oxidation sites excluding steroid dienone is 2. The molecule has 0 aliphatic heterocycles. The highest BCUT2D eigenvalue weighted by molar-refractivity contribution is 4.91. The van der Waals surface area contributed by atoms with Crippen LogP contribution in [0.3, 0.4) is 0 Å². The molecule has 0 unspecified atom stereocenters. The molecule has 0 saturated heterocycles. The Balaban J connectivity index is 2.85. The molecule has 0 amide bonds. The SMILES string of the molecule is C#CC[CH]CCC=CC. The van der Waals surface area contributed by atoms with Gasteiger partial charge in [-0.2, -0.15) is 0 Å². The third kappa shape index (κ3) is 7.30. The van der Waals surface area contributed by atoms with Crippen LogP contribution in [0.2, 0.25) is 0 Å². The Labute approximate surface area is 58.0 Å². The summed E-state index contributed by atoms with van der Waals surface area (Å²) >= 11 is 0. The van der Waals surface area contributed by atoms with Crippen molar-refractivity contribution >= 4 is 0 Å². The van der Waals surface area contributed by atoms with Crippen molar-refractivity contribution in [2.45, 2.75) is 26.2 Å². The van der Waals surface area contributed by atoms with Crippen molar-refractivity contribution in [2.24, 2.45) is 0 Å². The average Bonchev–Trinajstić information content (AvgIpc) is 1.89. The van der Waals surface area contributed by atoms with Crippen molar-refractivity contribution in [1.82, 2.24) is 0 Å². The highest BCUT2D eigenvalue weighted by Gasteiger charge is 1.80. The zero-order chi connectivity index (χ0) is 6.95. The van der Waals surface area contributed by atoms with E-state index in [-0.39, 0.29) is 0 Å². The van der Waals surface area contributed by atoms with Crippen molar-refractivity contribution in [2.75, 3.05) is 0 Å². The van der Waals surface area contributed by atoms with Crippen LogP contribution >= 0.6 is 0 Å². The summed E-state index contributed by atoms with van der Waals surface area (Å²) in [6, 6.07) is 0. The fourth-order valence-electron chi connectivity index (χ4n) is 0.566. The van der Waals surface area contributed by atoms with Gasteiger partial charge in [-0.15, -0.1) is 12.3 Å². The molecular formula is C9H13. The molecule has 0 spiro atoms. The van der Waals surface area contributed by atoms with Crippen LogP contribution in [0.5, 0.6) is 0 Å². The zero-order valence-electron chi connectivity index (χ0n) is 5.93. The number of terminal acetylenes is 1. The molecule has 0 aliphatic rings. The van der Waals surface area contributed by atoms with Crippen LogP contribution in [0, 0.1) is 18.8 Å². The molecule has 0 aromatic rings. The van der Waals surface area contributed by atoms with E-state index in [9.17, 15) is 0 Å². The summed E-state index contributed by atoms with van der Waals surface area (Å²) in [6.45, 7) is 2.03. The van der Waals surface area contributed by atoms with Gasteiger partial charge in [-0.3, -0.25) is 0 Å². The van der Waals surface area contributed by atoms with Gasteiger partial charge in [-0.05, 0) is 26.2 Å². The van der Waals surface area contributed by atoms with E-state index in [2.05, 4.69) is 24.5 Å². The Hall–Kier alpha value is -0.700. The van der Waals surface area contributed by atoms with Gasteiger partial charge in [-0.25, -0.2) is 0 Å². The molecular weight excluding hydrogens is 108 g/mol. The summed E-state index contributed by atoms with van der Waals surface area (Å²) in [5.74, 6) is 2.56. The Bertz CT molecular complexity index is 104. The van der Waals surface area contributed by atoms with E-state index < -0.39 is 0 Å². The van der Waals surface area contributed by atoms with Gasteiger partial charge in [0, 0.05) is 6.42 Å². The summed E-state index contributed by atoms with van der Waals surface area (Å²) in [7, 11) is 0. The smallest absolute Gasteiger partial charge is 0.0117 e. The molecule has 0 bridgehead atoms. The first-order chi connectivity index (χ1) is 4.41. The highest BCUT2D eigenvalue weighted by Crippen LogP contribution is 1.97. The highest BCUT2D eigenvalue weighted by atomic mass is 13.9. The molecule has 0 aromatic carbocycles. The van der Waals surface area contributed by atoms with Crippen molar-refractivity contribution in [3.63, 3.8) is 0 Å². The van der Waals surface area contributed by atoms with Crippen LogP contribution in [0.4, 0.5) is 0 Å². The van der Waals surface area contributed by atoms with Gasteiger partial charge in [0.15, 0.2) is 0 Å². The minimum Gasteiger partial charge on any atom is -0.120 e. The lowest BCUT2D eigenvalue weighted by atomic mass is 10.2. The Morgan fingerprint density at radius 1 is 1.44 bits per heavy atom. The number of unbranched alkanes of at least 4 members (excludes halogenated alkanes) is 3. The van der Waals surface area contributed by atoms with Crippen molar-refractivity contribution in [3.05, 3.63) is 18.6 Å². The molecule has 0 aromatic heterocycles. The van der Waals surface area contributed by atoms with Gasteiger partial charge in [-0.1, -0.05) is 12.2 Å². The van der Waals surface area contributed by atoms with E-state index in [4.69, 9.17) is 6.42 Å². The van der Waals surface area contributed by atoms with Crippen LogP contribution in [0.1, 0.15) is 26.2 Å². The Kier molecular flexibility index (Phi) is 6.73. The average molecular weight is 121 g/mol. The third-order valence-electron chi connectivity index (χ3n) is 1.04. The lowest BCUT2D eigenvalue weighted by Crippen LogP contribution is -1.72. The molecule has 0 N–H and O–H groups in total. The molecule has 49 valence electrons.